The minimum atomic E-state index is -1.34. The van der Waals surface area contributed by atoms with Crippen molar-refractivity contribution >= 4 is 46.2 Å². The number of nitrogens with zero attached hydrogens (tertiary/aromatic N) is 1. The topological polar surface area (TPSA) is 193 Å². The number of primary amides is 1. The van der Waals surface area contributed by atoms with E-state index in [-0.39, 0.29) is 29.8 Å². The lowest BCUT2D eigenvalue weighted by Gasteiger charge is -2.39. The first-order valence-electron chi connectivity index (χ1n) is 16.2. The number of ketones is 1. The molecule has 2 unspecified atom stereocenters. The molecule has 1 aliphatic carbocycles. The predicted molar refractivity (Wildman–Crippen MR) is 169 cm³/mol. The Hall–Kier alpha value is -4.42. The molecule has 2 aliphatic heterocycles. The van der Waals surface area contributed by atoms with Crippen LogP contribution in [0.3, 0.4) is 0 Å². The van der Waals surface area contributed by atoms with Gasteiger partial charge < -0.3 is 36.3 Å². The van der Waals surface area contributed by atoms with Crippen LogP contribution in [0.2, 0.25) is 0 Å². The van der Waals surface area contributed by atoms with E-state index in [0.717, 1.165) is 37.5 Å². The van der Waals surface area contributed by atoms with Gasteiger partial charge in [0.25, 0.3) is 11.8 Å². The molecule has 13 nitrogen and oxygen atoms in total. The van der Waals surface area contributed by atoms with Gasteiger partial charge in [-0.1, -0.05) is 38.2 Å². The third-order valence-corrected chi connectivity index (χ3v) is 9.96. The monoisotopic (exact) mass is 636 g/mol. The van der Waals surface area contributed by atoms with Crippen LogP contribution in [0, 0.1) is 11.8 Å². The number of carbonyl (C=O) groups excluding carboxylic acids is 6. The maximum atomic E-state index is 13.8. The zero-order valence-corrected chi connectivity index (χ0v) is 26.5. The number of nitrogens with one attached hydrogen (secondary N) is 4. The van der Waals surface area contributed by atoms with Crippen molar-refractivity contribution in [2.75, 3.05) is 20.2 Å². The van der Waals surface area contributed by atoms with Gasteiger partial charge in [0.2, 0.25) is 23.5 Å². The Bertz CT molecular complexity index is 1500. The number of piperidine rings is 1. The highest BCUT2D eigenvalue weighted by molar-refractivity contribution is 6.38. The Balaban J connectivity index is 1.32. The lowest BCUT2D eigenvalue weighted by molar-refractivity contribution is -0.139. The quantitative estimate of drug-likeness (QED) is 0.232. The zero-order valence-electron chi connectivity index (χ0n) is 26.5. The SMILES string of the molecule is COc1cccc2[nH]c(C(=O)N[C@@H](CC3CCCCC3)C(=O)NC(CC3CC4(CCN(C(C)=O)CC4)NC3=O)C(=O)C(N)=O)cc12. The molecule has 1 aromatic heterocycles. The second-order valence-corrected chi connectivity index (χ2v) is 13.1. The Labute approximate surface area is 267 Å². The number of amides is 5. The standard InChI is InChI=1S/C33H44N6O7/c1-19(40)39-13-11-33(12-14-39)18-21(30(43)38-33)16-24(28(41)29(34)42)36-31(44)25(15-20-7-4-3-5-8-20)37-32(45)26-17-22-23(35-26)9-6-10-27(22)46-2/h6,9-10,17,20-21,24-25,35H,3-5,7-8,11-16,18H2,1-2H3,(H2,34,42)(H,36,44)(H,37,45)(H,38,43)/t21?,24?,25-/m0/s1. The van der Waals surface area contributed by atoms with Gasteiger partial charge in [-0.05, 0) is 56.2 Å². The van der Waals surface area contributed by atoms with Crippen LogP contribution < -0.4 is 26.4 Å². The van der Waals surface area contributed by atoms with Crippen LogP contribution in [0.15, 0.2) is 24.3 Å². The number of rotatable bonds is 11. The van der Waals surface area contributed by atoms with Gasteiger partial charge in [-0.25, -0.2) is 0 Å². The van der Waals surface area contributed by atoms with Gasteiger partial charge in [0.1, 0.15) is 17.5 Å². The lowest BCUT2D eigenvalue weighted by Crippen LogP contribution is -2.54. The van der Waals surface area contributed by atoms with Crippen LogP contribution in [-0.4, -0.2) is 83.0 Å². The highest BCUT2D eigenvalue weighted by atomic mass is 16.5. The normalized spacial score (nSPS) is 21.0. The molecule has 3 fully saturated rings. The Morgan fingerprint density at radius 2 is 1.76 bits per heavy atom. The average molecular weight is 637 g/mol. The number of aromatic nitrogens is 1. The molecule has 6 N–H and O–H groups in total. The lowest BCUT2D eigenvalue weighted by atomic mass is 9.81. The van der Waals surface area contributed by atoms with Crippen molar-refractivity contribution in [3.63, 3.8) is 0 Å². The number of likely N-dealkylation sites (tertiary alicyclic amines) is 1. The van der Waals surface area contributed by atoms with E-state index in [1.54, 1.807) is 30.2 Å². The van der Waals surface area contributed by atoms with E-state index in [1.807, 2.05) is 6.07 Å². The van der Waals surface area contributed by atoms with Crippen LogP contribution in [0.5, 0.6) is 5.75 Å². The highest BCUT2D eigenvalue weighted by Gasteiger charge is 2.47. The molecule has 5 amide bonds. The summed E-state index contributed by atoms with van der Waals surface area (Å²) in [5, 5.41) is 9.31. The van der Waals surface area contributed by atoms with E-state index < -0.39 is 47.0 Å². The Morgan fingerprint density at radius 3 is 2.41 bits per heavy atom. The fourth-order valence-electron chi connectivity index (χ4n) is 7.36. The molecule has 0 radical (unpaired) electrons. The average Bonchev–Trinajstić information content (AvgIpc) is 3.61. The molecule has 1 aromatic carbocycles. The number of methoxy groups -OCH3 is 1. The zero-order chi connectivity index (χ0) is 33.0. The molecule has 2 aromatic rings. The number of Topliss-reactive ketones (excluding diaryl/α,β-unsaturated/α-hetero) is 1. The molecule has 5 rings (SSSR count). The van der Waals surface area contributed by atoms with Crippen molar-refractivity contribution in [3.05, 3.63) is 30.0 Å². The van der Waals surface area contributed by atoms with E-state index in [0.29, 0.717) is 50.0 Å². The fraction of sp³-hybridized carbons (Fsp3) is 0.576. The van der Waals surface area contributed by atoms with Crippen LogP contribution >= 0.6 is 0 Å². The van der Waals surface area contributed by atoms with Crippen LogP contribution in [-0.2, 0) is 24.0 Å². The summed E-state index contributed by atoms with van der Waals surface area (Å²) >= 11 is 0. The van der Waals surface area contributed by atoms with E-state index in [9.17, 15) is 28.8 Å². The van der Waals surface area contributed by atoms with Gasteiger partial charge in [-0.15, -0.1) is 0 Å². The van der Waals surface area contributed by atoms with Gasteiger partial charge in [-0.2, -0.15) is 0 Å². The number of fused-ring (bicyclic) bond motifs is 1. The third kappa shape index (κ3) is 7.34. The number of benzene rings is 1. The van der Waals surface area contributed by atoms with Gasteiger partial charge in [0.05, 0.1) is 13.2 Å². The van der Waals surface area contributed by atoms with E-state index in [1.165, 1.54) is 6.92 Å². The summed E-state index contributed by atoms with van der Waals surface area (Å²) in [6.45, 7) is 2.53. The molecule has 3 aliphatic rings. The number of H-pyrrole nitrogens is 1. The molecular formula is C33H44N6O7. The number of hydrogen-bond acceptors (Lipinski definition) is 7. The second-order valence-electron chi connectivity index (χ2n) is 13.1. The maximum absolute atomic E-state index is 13.8. The van der Waals surface area contributed by atoms with Crippen LogP contribution in [0.25, 0.3) is 10.9 Å². The predicted octanol–water partition coefficient (Wildman–Crippen LogP) is 1.69. The Kier molecular flexibility index (Phi) is 9.97. The molecule has 3 heterocycles. The van der Waals surface area contributed by atoms with E-state index in [4.69, 9.17) is 10.5 Å². The molecule has 13 heteroatoms. The molecule has 3 atom stereocenters. The summed E-state index contributed by atoms with van der Waals surface area (Å²) in [7, 11) is 1.54. The first-order valence-corrected chi connectivity index (χ1v) is 16.2. The van der Waals surface area contributed by atoms with Crippen molar-refractivity contribution < 1.29 is 33.5 Å². The molecule has 46 heavy (non-hydrogen) atoms. The third-order valence-electron chi connectivity index (χ3n) is 9.96. The van der Waals surface area contributed by atoms with Crippen molar-refractivity contribution in [1.82, 2.24) is 25.8 Å². The number of ether oxygens (including phenoxy) is 1. The first-order chi connectivity index (χ1) is 22.0. The van der Waals surface area contributed by atoms with Crippen molar-refractivity contribution in [1.29, 1.82) is 0 Å². The molecule has 1 saturated carbocycles. The van der Waals surface area contributed by atoms with E-state index in [2.05, 4.69) is 20.9 Å². The minimum absolute atomic E-state index is 0.0234. The van der Waals surface area contributed by atoms with Crippen molar-refractivity contribution in [2.45, 2.75) is 88.8 Å². The van der Waals surface area contributed by atoms with Gasteiger partial charge in [0.15, 0.2) is 0 Å². The summed E-state index contributed by atoms with van der Waals surface area (Å²) in [5.74, 6) is -3.48. The summed E-state index contributed by atoms with van der Waals surface area (Å²) in [6.07, 6.45) is 6.81. The molecule has 2 saturated heterocycles. The van der Waals surface area contributed by atoms with Gasteiger partial charge in [-0.3, -0.25) is 28.8 Å². The number of hydrogen-bond donors (Lipinski definition) is 5. The van der Waals surface area contributed by atoms with Gasteiger partial charge >= 0.3 is 0 Å². The molecule has 248 valence electrons. The van der Waals surface area contributed by atoms with Crippen molar-refractivity contribution in [2.24, 2.45) is 17.6 Å². The van der Waals surface area contributed by atoms with Crippen molar-refractivity contribution in [3.8, 4) is 5.75 Å². The smallest absolute Gasteiger partial charge is 0.287 e. The molecule has 0 bridgehead atoms. The highest BCUT2D eigenvalue weighted by Crippen LogP contribution is 2.36. The minimum Gasteiger partial charge on any atom is -0.496 e. The number of nitrogens with two attached hydrogens (primary N) is 1. The summed E-state index contributed by atoms with van der Waals surface area (Å²) < 4.78 is 5.41. The van der Waals surface area contributed by atoms with E-state index >= 15 is 0 Å². The first kappa shape index (κ1) is 33.0. The Morgan fingerprint density at radius 1 is 1.04 bits per heavy atom. The second kappa shape index (κ2) is 13.9. The molecule has 1 spiro atoms. The fourth-order valence-corrected chi connectivity index (χ4v) is 7.36. The number of aromatic amines is 1. The van der Waals surface area contributed by atoms with Crippen LogP contribution in [0.1, 0.15) is 81.6 Å². The number of carbonyl (C=O) groups is 6. The summed E-state index contributed by atoms with van der Waals surface area (Å²) in [4.78, 5) is 82.1. The molecular weight excluding hydrogens is 592 g/mol. The summed E-state index contributed by atoms with van der Waals surface area (Å²) in [5.41, 5.74) is 5.81. The largest absolute Gasteiger partial charge is 0.496 e. The maximum Gasteiger partial charge on any atom is 0.287 e. The van der Waals surface area contributed by atoms with Gasteiger partial charge in [0, 0.05) is 42.4 Å². The summed E-state index contributed by atoms with van der Waals surface area (Å²) in [6, 6.07) is 4.73. The van der Waals surface area contributed by atoms with Crippen LogP contribution in [0.4, 0.5) is 0 Å².